The Morgan fingerprint density at radius 1 is 1.37 bits per heavy atom. The van der Waals surface area contributed by atoms with Crippen molar-refractivity contribution in [3.63, 3.8) is 0 Å². The van der Waals surface area contributed by atoms with Gasteiger partial charge in [-0.25, -0.2) is 0 Å². The van der Waals surface area contributed by atoms with E-state index in [4.69, 9.17) is 5.26 Å². The molecule has 1 N–H and O–H groups in total. The second-order valence-corrected chi connectivity index (χ2v) is 4.10. The zero-order valence-electron chi connectivity index (χ0n) is 10.6. The number of hydrogen-bond donors (Lipinski definition) is 1. The number of hydrogen-bond acceptors (Lipinski definition) is 4. The van der Waals surface area contributed by atoms with Gasteiger partial charge in [0.05, 0.1) is 23.9 Å². The molecule has 0 fully saturated rings. The Balaban J connectivity index is 2.23. The van der Waals surface area contributed by atoms with E-state index in [2.05, 4.69) is 16.4 Å². The smallest absolute Gasteiger partial charge is 0.161 e. The molecule has 0 radical (unpaired) electrons. The SMILES string of the molecule is CC(=O)c1ccc(C#N)cc1NCc1ccccn1. The van der Waals surface area contributed by atoms with Gasteiger partial charge in [-0.1, -0.05) is 6.07 Å². The van der Waals surface area contributed by atoms with E-state index in [-0.39, 0.29) is 5.78 Å². The highest BCUT2D eigenvalue weighted by molar-refractivity contribution is 5.99. The van der Waals surface area contributed by atoms with Crippen LogP contribution in [0.25, 0.3) is 0 Å². The second-order valence-electron chi connectivity index (χ2n) is 4.10. The van der Waals surface area contributed by atoms with Crippen molar-refractivity contribution in [1.82, 2.24) is 4.98 Å². The first-order valence-electron chi connectivity index (χ1n) is 5.89. The van der Waals surface area contributed by atoms with Gasteiger partial charge in [-0.3, -0.25) is 9.78 Å². The fourth-order valence-corrected chi connectivity index (χ4v) is 1.76. The lowest BCUT2D eigenvalue weighted by molar-refractivity contribution is 0.101. The summed E-state index contributed by atoms with van der Waals surface area (Å²) in [6.45, 7) is 2.02. The number of anilines is 1. The maximum absolute atomic E-state index is 11.5. The largest absolute Gasteiger partial charge is 0.379 e. The molecule has 0 bridgehead atoms. The molecule has 1 aromatic heterocycles. The van der Waals surface area contributed by atoms with E-state index >= 15 is 0 Å². The summed E-state index contributed by atoms with van der Waals surface area (Å²) < 4.78 is 0. The number of nitriles is 1. The van der Waals surface area contributed by atoms with Crippen LogP contribution in [0.5, 0.6) is 0 Å². The molecule has 4 nitrogen and oxygen atoms in total. The Morgan fingerprint density at radius 3 is 2.84 bits per heavy atom. The van der Waals surface area contributed by atoms with Gasteiger partial charge in [0, 0.05) is 17.4 Å². The van der Waals surface area contributed by atoms with Crippen LogP contribution in [0.15, 0.2) is 42.6 Å². The maximum Gasteiger partial charge on any atom is 0.161 e. The van der Waals surface area contributed by atoms with E-state index in [1.165, 1.54) is 6.92 Å². The number of ketones is 1. The van der Waals surface area contributed by atoms with E-state index in [1.54, 1.807) is 24.4 Å². The van der Waals surface area contributed by atoms with Gasteiger partial charge in [0.25, 0.3) is 0 Å². The van der Waals surface area contributed by atoms with Crippen molar-refractivity contribution in [1.29, 1.82) is 5.26 Å². The van der Waals surface area contributed by atoms with Gasteiger partial charge in [0.15, 0.2) is 5.78 Å². The molecule has 0 aliphatic heterocycles. The van der Waals surface area contributed by atoms with Crippen molar-refractivity contribution in [3.8, 4) is 6.07 Å². The molecule has 0 saturated heterocycles. The Morgan fingerprint density at radius 2 is 2.21 bits per heavy atom. The van der Waals surface area contributed by atoms with Gasteiger partial charge in [-0.2, -0.15) is 5.26 Å². The van der Waals surface area contributed by atoms with Crippen molar-refractivity contribution in [3.05, 3.63) is 59.4 Å². The summed E-state index contributed by atoms with van der Waals surface area (Å²) in [5.41, 5.74) is 2.64. The first-order chi connectivity index (χ1) is 9.20. The summed E-state index contributed by atoms with van der Waals surface area (Å²) in [6, 6.07) is 12.7. The average Bonchev–Trinajstić information content (AvgIpc) is 2.45. The van der Waals surface area contributed by atoms with Crippen LogP contribution in [0.3, 0.4) is 0 Å². The Hall–Kier alpha value is -2.67. The van der Waals surface area contributed by atoms with Crippen molar-refractivity contribution in [2.45, 2.75) is 13.5 Å². The Bertz CT molecular complexity index is 630. The topological polar surface area (TPSA) is 65.8 Å². The first-order valence-corrected chi connectivity index (χ1v) is 5.89. The summed E-state index contributed by atoms with van der Waals surface area (Å²) in [5.74, 6) is -0.0342. The fraction of sp³-hybridized carbons (Fsp3) is 0.133. The second kappa shape index (κ2) is 5.78. The first kappa shape index (κ1) is 12.8. The zero-order valence-corrected chi connectivity index (χ0v) is 10.6. The minimum absolute atomic E-state index is 0.0342. The number of nitrogens with zero attached hydrogens (tertiary/aromatic N) is 2. The number of rotatable bonds is 4. The van der Waals surface area contributed by atoms with Crippen LogP contribution in [0.2, 0.25) is 0 Å². The summed E-state index contributed by atoms with van der Waals surface area (Å²) in [6.07, 6.45) is 1.72. The molecule has 0 atom stereocenters. The number of Topliss-reactive ketones (excluding diaryl/α,β-unsaturated/α-hetero) is 1. The van der Waals surface area contributed by atoms with E-state index in [0.717, 1.165) is 5.69 Å². The van der Waals surface area contributed by atoms with Gasteiger partial charge < -0.3 is 5.32 Å². The Kier molecular flexibility index (Phi) is 3.89. The van der Waals surface area contributed by atoms with Gasteiger partial charge in [0.2, 0.25) is 0 Å². The summed E-state index contributed by atoms with van der Waals surface area (Å²) >= 11 is 0. The van der Waals surface area contributed by atoms with Gasteiger partial charge in [0.1, 0.15) is 0 Å². The minimum Gasteiger partial charge on any atom is -0.379 e. The quantitative estimate of drug-likeness (QED) is 0.848. The molecule has 0 aliphatic carbocycles. The third-order valence-corrected chi connectivity index (χ3v) is 2.71. The molecule has 19 heavy (non-hydrogen) atoms. The predicted octanol–water partition coefficient (Wildman–Crippen LogP) is 2.77. The molecule has 1 aromatic carbocycles. The van der Waals surface area contributed by atoms with Crippen molar-refractivity contribution >= 4 is 11.5 Å². The van der Waals surface area contributed by atoms with Crippen LogP contribution < -0.4 is 5.32 Å². The number of pyridine rings is 1. The van der Waals surface area contributed by atoms with Gasteiger partial charge >= 0.3 is 0 Å². The number of aromatic nitrogens is 1. The molecule has 0 amide bonds. The molecule has 2 rings (SSSR count). The molecule has 94 valence electrons. The molecule has 4 heteroatoms. The lowest BCUT2D eigenvalue weighted by Gasteiger charge is -2.10. The third kappa shape index (κ3) is 3.17. The van der Waals surface area contributed by atoms with E-state index in [1.807, 2.05) is 18.2 Å². The lowest BCUT2D eigenvalue weighted by Crippen LogP contribution is -2.06. The summed E-state index contributed by atoms with van der Waals surface area (Å²) in [4.78, 5) is 15.7. The number of benzene rings is 1. The zero-order chi connectivity index (χ0) is 13.7. The van der Waals surface area contributed by atoms with E-state index in [0.29, 0.717) is 23.4 Å². The highest BCUT2D eigenvalue weighted by Gasteiger charge is 2.08. The van der Waals surface area contributed by atoms with Crippen molar-refractivity contribution in [2.24, 2.45) is 0 Å². The van der Waals surface area contributed by atoms with Crippen LogP contribution in [0.4, 0.5) is 5.69 Å². The lowest BCUT2D eigenvalue weighted by atomic mass is 10.1. The van der Waals surface area contributed by atoms with E-state index in [9.17, 15) is 4.79 Å². The van der Waals surface area contributed by atoms with Crippen molar-refractivity contribution in [2.75, 3.05) is 5.32 Å². The highest BCUT2D eigenvalue weighted by atomic mass is 16.1. The predicted molar refractivity (Wildman–Crippen MR) is 72.7 cm³/mol. The molecule has 0 spiro atoms. The van der Waals surface area contributed by atoms with Crippen LogP contribution >= 0.6 is 0 Å². The van der Waals surface area contributed by atoms with Crippen molar-refractivity contribution < 1.29 is 4.79 Å². The molecular weight excluding hydrogens is 238 g/mol. The normalized spacial score (nSPS) is 9.68. The van der Waals surface area contributed by atoms with Crippen LogP contribution in [0, 0.1) is 11.3 Å². The van der Waals surface area contributed by atoms with Crippen LogP contribution in [0.1, 0.15) is 28.5 Å². The van der Waals surface area contributed by atoms with Gasteiger partial charge in [-0.15, -0.1) is 0 Å². The average molecular weight is 251 g/mol. The summed E-state index contributed by atoms with van der Waals surface area (Å²) in [5, 5.41) is 12.1. The maximum atomic E-state index is 11.5. The molecule has 0 aliphatic rings. The van der Waals surface area contributed by atoms with Crippen LogP contribution in [-0.4, -0.2) is 10.8 Å². The van der Waals surface area contributed by atoms with E-state index < -0.39 is 0 Å². The fourth-order valence-electron chi connectivity index (χ4n) is 1.76. The third-order valence-electron chi connectivity index (χ3n) is 2.71. The molecular formula is C15H13N3O. The summed E-state index contributed by atoms with van der Waals surface area (Å²) in [7, 11) is 0. The molecule has 2 aromatic rings. The number of carbonyl (C=O) groups excluding carboxylic acids is 1. The standard InChI is InChI=1S/C15H13N3O/c1-11(19)14-6-5-12(9-16)8-15(14)18-10-13-4-2-3-7-17-13/h2-8,18H,10H2,1H3. The monoisotopic (exact) mass is 251 g/mol. The van der Waals surface area contributed by atoms with Crippen LogP contribution in [-0.2, 0) is 6.54 Å². The molecule has 0 unspecified atom stereocenters. The minimum atomic E-state index is -0.0342. The van der Waals surface area contributed by atoms with Gasteiger partial charge in [-0.05, 0) is 37.3 Å². The highest BCUT2D eigenvalue weighted by Crippen LogP contribution is 2.19. The Labute approximate surface area is 111 Å². The number of carbonyl (C=O) groups is 1. The number of nitrogens with one attached hydrogen (secondary N) is 1. The molecule has 0 saturated carbocycles. The molecule has 1 heterocycles.